The summed E-state index contributed by atoms with van der Waals surface area (Å²) in [5.74, 6) is 0. The number of benzene rings is 2. The van der Waals surface area contributed by atoms with E-state index in [2.05, 4.69) is 11.0 Å². The van der Waals surface area contributed by atoms with Gasteiger partial charge in [0.15, 0.2) is 0 Å². The molecule has 0 saturated carbocycles. The van der Waals surface area contributed by atoms with Gasteiger partial charge in [0.25, 0.3) is 0 Å². The van der Waals surface area contributed by atoms with Crippen LogP contribution in [0.15, 0.2) is 60.7 Å². The fourth-order valence-electron chi connectivity index (χ4n) is 2.02. The van der Waals surface area contributed by atoms with Gasteiger partial charge in [0.05, 0.1) is 6.07 Å². The van der Waals surface area contributed by atoms with Crippen molar-refractivity contribution in [1.29, 1.82) is 5.26 Å². The molecule has 0 aliphatic carbocycles. The Hall–Kier alpha value is -2.27. The predicted molar refractivity (Wildman–Crippen MR) is 74.7 cm³/mol. The van der Waals surface area contributed by atoms with Gasteiger partial charge in [0.1, 0.15) is 6.04 Å². The lowest BCUT2D eigenvalue weighted by molar-refractivity contribution is 0.761. The lowest BCUT2D eigenvalue weighted by Crippen LogP contribution is -2.29. The number of hydrogen-bond acceptors (Lipinski definition) is 2. The number of anilines is 2. The molecule has 0 radical (unpaired) electrons. The van der Waals surface area contributed by atoms with Crippen LogP contribution in [0.25, 0.3) is 0 Å². The number of nitrogens with zero attached hydrogens (tertiary/aromatic N) is 2. The maximum absolute atomic E-state index is 9.33. The lowest BCUT2D eigenvalue weighted by atomic mass is 10.1. The molecule has 2 aromatic carbocycles. The molecule has 0 N–H and O–H groups in total. The molecular formula is C16H16N2. The van der Waals surface area contributed by atoms with E-state index < -0.39 is 0 Å². The van der Waals surface area contributed by atoms with E-state index >= 15 is 0 Å². The van der Waals surface area contributed by atoms with Crippen LogP contribution in [0.2, 0.25) is 0 Å². The summed E-state index contributed by atoms with van der Waals surface area (Å²) in [6, 6.07) is 22.3. The van der Waals surface area contributed by atoms with Gasteiger partial charge in [-0.25, -0.2) is 0 Å². The number of rotatable bonds is 4. The van der Waals surface area contributed by atoms with Gasteiger partial charge in [-0.1, -0.05) is 43.3 Å². The van der Waals surface area contributed by atoms with Crippen molar-refractivity contribution in [2.24, 2.45) is 0 Å². The summed E-state index contributed by atoms with van der Waals surface area (Å²) >= 11 is 0. The summed E-state index contributed by atoms with van der Waals surface area (Å²) in [6.07, 6.45) is 0.792. The van der Waals surface area contributed by atoms with E-state index in [0.29, 0.717) is 0 Å². The fraction of sp³-hybridized carbons (Fsp3) is 0.188. The molecular weight excluding hydrogens is 220 g/mol. The molecule has 0 amide bonds. The van der Waals surface area contributed by atoms with Gasteiger partial charge >= 0.3 is 0 Å². The Bertz CT molecular complexity index is 474. The molecule has 0 heterocycles. The zero-order valence-electron chi connectivity index (χ0n) is 10.5. The summed E-state index contributed by atoms with van der Waals surface area (Å²) in [5, 5.41) is 9.33. The van der Waals surface area contributed by atoms with E-state index in [-0.39, 0.29) is 6.04 Å². The first kappa shape index (κ1) is 12.2. The average Bonchev–Trinajstić information content (AvgIpc) is 2.46. The fourth-order valence-corrected chi connectivity index (χ4v) is 2.02. The van der Waals surface area contributed by atoms with Crippen LogP contribution < -0.4 is 4.90 Å². The molecule has 0 aromatic heterocycles. The minimum absolute atomic E-state index is 0.144. The second-order valence-electron chi connectivity index (χ2n) is 4.09. The van der Waals surface area contributed by atoms with Crippen LogP contribution in [-0.4, -0.2) is 6.04 Å². The van der Waals surface area contributed by atoms with Crippen molar-refractivity contribution in [2.75, 3.05) is 4.90 Å². The van der Waals surface area contributed by atoms with Crippen molar-refractivity contribution < 1.29 is 0 Å². The van der Waals surface area contributed by atoms with E-state index in [1.54, 1.807) is 0 Å². The molecule has 0 spiro atoms. The highest BCUT2D eigenvalue weighted by molar-refractivity contribution is 5.65. The molecule has 90 valence electrons. The standard InChI is InChI=1S/C16H16N2/c1-2-14(13-17)18(15-9-5-3-6-10-15)16-11-7-4-8-12-16/h3-12,14H,2H2,1H3. The second kappa shape index (κ2) is 5.88. The van der Waals surface area contributed by atoms with Crippen LogP contribution in [0.1, 0.15) is 13.3 Å². The minimum Gasteiger partial charge on any atom is -0.325 e. The summed E-state index contributed by atoms with van der Waals surface area (Å²) < 4.78 is 0. The molecule has 0 bridgehead atoms. The monoisotopic (exact) mass is 236 g/mol. The first-order chi connectivity index (χ1) is 8.86. The zero-order valence-corrected chi connectivity index (χ0v) is 10.5. The van der Waals surface area contributed by atoms with Crippen molar-refractivity contribution in [2.45, 2.75) is 19.4 Å². The Kier molecular flexibility index (Phi) is 3.98. The van der Waals surface area contributed by atoms with Gasteiger partial charge in [-0.05, 0) is 30.7 Å². The number of hydrogen-bond donors (Lipinski definition) is 0. The Morgan fingerprint density at radius 2 is 1.39 bits per heavy atom. The van der Waals surface area contributed by atoms with Gasteiger partial charge in [-0.15, -0.1) is 0 Å². The van der Waals surface area contributed by atoms with Gasteiger partial charge in [0, 0.05) is 11.4 Å². The molecule has 0 saturated heterocycles. The molecule has 18 heavy (non-hydrogen) atoms. The number of nitriles is 1. The van der Waals surface area contributed by atoms with E-state index in [1.807, 2.05) is 67.6 Å². The SMILES string of the molecule is CCC(C#N)N(c1ccccc1)c1ccccc1. The van der Waals surface area contributed by atoms with Gasteiger partial charge < -0.3 is 4.90 Å². The molecule has 1 atom stereocenters. The van der Waals surface area contributed by atoms with Crippen LogP contribution in [0.3, 0.4) is 0 Å². The smallest absolute Gasteiger partial charge is 0.121 e. The van der Waals surface area contributed by atoms with Gasteiger partial charge in [-0.2, -0.15) is 5.26 Å². The molecule has 0 fully saturated rings. The number of para-hydroxylation sites is 2. The molecule has 2 nitrogen and oxygen atoms in total. The van der Waals surface area contributed by atoms with Gasteiger partial charge in [0.2, 0.25) is 0 Å². The van der Waals surface area contributed by atoms with Crippen LogP contribution in [0, 0.1) is 11.3 Å². The molecule has 2 rings (SSSR count). The van der Waals surface area contributed by atoms with Crippen LogP contribution in [0.5, 0.6) is 0 Å². The highest BCUT2D eigenvalue weighted by Crippen LogP contribution is 2.28. The predicted octanol–water partition coefficient (Wildman–Crippen LogP) is 4.13. The second-order valence-corrected chi connectivity index (χ2v) is 4.09. The van der Waals surface area contributed by atoms with Crippen LogP contribution in [-0.2, 0) is 0 Å². The minimum atomic E-state index is -0.144. The van der Waals surface area contributed by atoms with Crippen LogP contribution >= 0.6 is 0 Å². The zero-order chi connectivity index (χ0) is 12.8. The Morgan fingerprint density at radius 1 is 0.944 bits per heavy atom. The Morgan fingerprint density at radius 3 is 1.72 bits per heavy atom. The van der Waals surface area contributed by atoms with Crippen molar-refractivity contribution in [1.82, 2.24) is 0 Å². The molecule has 0 aliphatic rings. The van der Waals surface area contributed by atoms with Crippen molar-refractivity contribution in [3.8, 4) is 6.07 Å². The third-order valence-corrected chi connectivity index (χ3v) is 2.92. The van der Waals surface area contributed by atoms with Crippen molar-refractivity contribution in [3.05, 3.63) is 60.7 Å². The third-order valence-electron chi connectivity index (χ3n) is 2.92. The largest absolute Gasteiger partial charge is 0.325 e. The topological polar surface area (TPSA) is 27.0 Å². The average molecular weight is 236 g/mol. The maximum atomic E-state index is 9.33. The van der Waals surface area contributed by atoms with Crippen molar-refractivity contribution in [3.63, 3.8) is 0 Å². The van der Waals surface area contributed by atoms with E-state index in [9.17, 15) is 5.26 Å². The first-order valence-electron chi connectivity index (χ1n) is 6.15. The van der Waals surface area contributed by atoms with E-state index in [1.165, 1.54) is 0 Å². The highest BCUT2D eigenvalue weighted by atomic mass is 15.2. The summed E-state index contributed by atoms with van der Waals surface area (Å²) in [4.78, 5) is 2.08. The molecule has 2 heteroatoms. The molecule has 2 aromatic rings. The summed E-state index contributed by atoms with van der Waals surface area (Å²) in [7, 11) is 0. The molecule has 0 aliphatic heterocycles. The van der Waals surface area contributed by atoms with Gasteiger partial charge in [-0.3, -0.25) is 0 Å². The van der Waals surface area contributed by atoms with Crippen LogP contribution in [0.4, 0.5) is 11.4 Å². The Labute approximate surface area is 108 Å². The normalized spacial score (nSPS) is 11.6. The quantitative estimate of drug-likeness (QED) is 0.798. The summed E-state index contributed by atoms with van der Waals surface area (Å²) in [5.41, 5.74) is 2.11. The third kappa shape index (κ3) is 2.52. The van der Waals surface area contributed by atoms with Crippen molar-refractivity contribution >= 4 is 11.4 Å². The van der Waals surface area contributed by atoms with E-state index in [4.69, 9.17) is 0 Å². The Balaban J connectivity index is 2.45. The highest BCUT2D eigenvalue weighted by Gasteiger charge is 2.18. The van der Waals surface area contributed by atoms with E-state index in [0.717, 1.165) is 17.8 Å². The maximum Gasteiger partial charge on any atom is 0.121 e. The molecule has 1 unspecified atom stereocenters. The lowest BCUT2D eigenvalue weighted by Gasteiger charge is -2.28. The first-order valence-corrected chi connectivity index (χ1v) is 6.15. The summed E-state index contributed by atoms with van der Waals surface area (Å²) in [6.45, 7) is 2.03.